The Bertz CT molecular complexity index is 557. The van der Waals surface area contributed by atoms with Crippen molar-refractivity contribution in [1.82, 2.24) is 4.98 Å². The van der Waals surface area contributed by atoms with Crippen molar-refractivity contribution in [3.05, 3.63) is 53.6 Å². The van der Waals surface area contributed by atoms with Crippen LogP contribution in [-0.4, -0.2) is 19.1 Å². The summed E-state index contributed by atoms with van der Waals surface area (Å²) in [6.45, 7) is 0. The summed E-state index contributed by atoms with van der Waals surface area (Å²) in [5.74, 6) is 0.238. The molecule has 17 heavy (non-hydrogen) atoms. The number of para-hydroxylation sites is 1. The van der Waals surface area contributed by atoms with Crippen molar-refractivity contribution in [2.24, 2.45) is 0 Å². The number of hydrogen-bond donors (Lipinski definition) is 0. The van der Waals surface area contributed by atoms with Crippen molar-refractivity contribution < 1.29 is 4.65 Å². The molecule has 2 aromatic rings. The fraction of sp³-hybridized carbons (Fsp3) is 0.154. The molecule has 1 aromatic heterocycles. The van der Waals surface area contributed by atoms with Gasteiger partial charge < -0.3 is 4.65 Å². The molecule has 0 radical (unpaired) electrons. The standard InChI is InChI=1S/C13H12BNOS/c14-16-11-7-3-1-5-9(11)13-15-10-6-2-4-8-12(10)17-13/h1-9,11H,14H2. The number of nitrogens with zero attached hydrogens (tertiary/aromatic N) is 1. The van der Waals surface area contributed by atoms with Gasteiger partial charge in [0.05, 0.1) is 22.2 Å². The molecule has 0 saturated carbocycles. The average Bonchev–Trinajstić information content (AvgIpc) is 2.82. The van der Waals surface area contributed by atoms with Crippen LogP contribution in [0.1, 0.15) is 10.9 Å². The van der Waals surface area contributed by atoms with E-state index in [4.69, 9.17) is 4.65 Å². The second-order valence-electron chi connectivity index (χ2n) is 4.02. The summed E-state index contributed by atoms with van der Waals surface area (Å²) < 4.78 is 6.72. The van der Waals surface area contributed by atoms with E-state index in [2.05, 4.69) is 41.4 Å². The van der Waals surface area contributed by atoms with Crippen molar-refractivity contribution in [2.45, 2.75) is 12.0 Å². The second kappa shape index (κ2) is 4.47. The summed E-state index contributed by atoms with van der Waals surface area (Å²) in [6.07, 6.45) is 8.42. The first-order valence-corrected chi connectivity index (χ1v) is 6.43. The Hall–Kier alpha value is -1.39. The van der Waals surface area contributed by atoms with E-state index in [1.165, 1.54) is 4.70 Å². The van der Waals surface area contributed by atoms with Crippen LogP contribution in [0.15, 0.2) is 48.6 Å². The van der Waals surface area contributed by atoms with Crippen LogP contribution >= 0.6 is 11.3 Å². The van der Waals surface area contributed by atoms with Gasteiger partial charge in [-0.05, 0) is 12.1 Å². The molecular formula is C13H12BNOS. The molecule has 0 aliphatic heterocycles. The first-order chi connectivity index (χ1) is 8.38. The molecule has 84 valence electrons. The third-order valence-corrected chi connectivity index (χ3v) is 4.09. The summed E-state index contributed by atoms with van der Waals surface area (Å²) >= 11 is 1.75. The summed E-state index contributed by atoms with van der Waals surface area (Å²) in [6, 6.07) is 8.24. The highest BCUT2D eigenvalue weighted by molar-refractivity contribution is 7.18. The maximum Gasteiger partial charge on any atom is 0.258 e. The zero-order valence-electron chi connectivity index (χ0n) is 9.54. The molecule has 3 rings (SSSR count). The van der Waals surface area contributed by atoms with Gasteiger partial charge in [-0.1, -0.05) is 36.4 Å². The average molecular weight is 241 g/mol. The molecule has 0 N–H and O–H groups in total. The molecule has 1 heterocycles. The van der Waals surface area contributed by atoms with E-state index in [-0.39, 0.29) is 12.0 Å². The number of rotatable bonds is 2. The van der Waals surface area contributed by atoms with Gasteiger partial charge >= 0.3 is 0 Å². The van der Waals surface area contributed by atoms with Crippen molar-refractivity contribution in [3.63, 3.8) is 0 Å². The highest BCUT2D eigenvalue weighted by atomic mass is 32.1. The van der Waals surface area contributed by atoms with Gasteiger partial charge in [-0.15, -0.1) is 11.3 Å². The lowest BCUT2D eigenvalue weighted by atomic mass is 9.98. The maximum atomic E-state index is 5.48. The Labute approximate surface area is 105 Å². The Morgan fingerprint density at radius 3 is 2.82 bits per heavy atom. The predicted molar refractivity (Wildman–Crippen MR) is 74.1 cm³/mol. The maximum absolute atomic E-state index is 5.48. The van der Waals surface area contributed by atoms with Gasteiger partial charge in [0.15, 0.2) is 0 Å². The number of benzene rings is 1. The fourth-order valence-corrected chi connectivity index (χ4v) is 3.15. The van der Waals surface area contributed by atoms with Crippen LogP contribution in [-0.2, 0) is 4.65 Å². The highest BCUT2D eigenvalue weighted by Crippen LogP contribution is 2.32. The summed E-state index contributed by atoms with van der Waals surface area (Å²) in [4.78, 5) is 4.69. The molecule has 1 aliphatic carbocycles. The number of allylic oxidation sites excluding steroid dienone is 2. The van der Waals surface area contributed by atoms with E-state index >= 15 is 0 Å². The van der Waals surface area contributed by atoms with E-state index in [0.717, 1.165) is 10.5 Å². The van der Waals surface area contributed by atoms with Gasteiger partial charge in [0.25, 0.3) is 8.05 Å². The zero-order chi connectivity index (χ0) is 11.7. The van der Waals surface area contributed by atoms with Gasteiger partial charge in [0.1, 0.15) is 5.01 Å². The molecule has 1 aliphatic rings. The van der Waals surface area contributed by atoms with Gasteiger partial charge in [-0.25, -0.2) is 4.98 Å². The smallest absolute Gasteiger partial charge is 0.258 e. The van der Waals surface area contributed by atoms with Crippen LogP contribution in [0.5, 0.6) is 0 Å². The van der Waals surface area contributed by atoms with Gasteiger partial charge in [0.2, 0.25) is 0 Å². The minimum absolute atomic E-state index is 0.0977. The van der Waals surface area contributed by atoms with Gasteiger partial charge in [-0.2, -0.15) is 0 Å². The molecule has 2 nitrogen and oxygen atoms in total. The summed E-state index contributed by atoms with van der Waals surface area (Å²) in [7, 11) is 1.74. The first kappa shape index (κ1) is 10.7. The highest BCUT2D eigenvalue weighted by Gasteiger charge is 2.22. The number of aromatic nitrogens is 1. The van der Waals surface area contributed by atoms with Crippen LogP contribution in [0.3, 0.4) is 0 Å². The molecule has 4 heteroatoms. The molecule has 0 fully saturated rings. The van der Waals surface area contributed by atoms with Crippen molar-refractivity contribution >= 4 is 29.6 Å². The molecule has 1 aromatic carbocycles. The van der Waals surface area contributed by atoms with Crippen LogP contribution < -0.4 is 0 Å². The quantitative estimate of drug-likeness (QED) is 0.753. The van der Waals surface area contributed by atoms with E-state index in [1.807, 2.05) is 12.1 Å². The number of thiazole rings is 1. The monoisotopic (exact) mass is 241 g/mol. The minimum atomic E-state index is 0.0977. The molecule has 0 bridgehead atoms. The normalized spacial score (nSPS) is 23.3. The lowest BCUT2D eigenvalue weighted by Crippen LogP contribution is -2.19. The molecule has 2 atom stereocenters. The van der Waals surface area contributed by atoms with E-state index in [9.17, 15) is 0 Å². The minimum Gasteiger partial charge on any atom is -0.437 e. The number of hydrogen-bond acceptors (Lipinski definition) is 3. The Morgan fingerprint density at radius 1 is 1.18 bits per heavy atom. The Kier molecular flexibility index (Phi) is 2.83. The van der Waals surface area contributed by atoms with Gasteiger partial charge in [-0.3, -0.25) is 0 Å². The predicted octanol–water partition coefficient (Wildman–Crippen LogP) is 2.44. The van der Waals surface area contributed by atoms with Crippen LogP contribution in [0.25, 0.3) is 10.2 Å². The second-order valence-corrected chi connectivity index (χ2v) is 5.08. The lowest BCUT2D eigenvalue weighted by molar-refractivity contribution is 0.254. The molecule has 2 unspecified atom stereocenters. The molecule has 0 saturated heterocycles. The zero-order valence-corrected chi connectivity index (χ0v) is 10.4. The molecular weight excluding hydrogens is 229 g/mol. The van der Waals surface area contributed by atoms with E-state index < -0.39 is 0 Å². The summed E-state index contributed by atoms with van der Waals surface area (Å²) in [5, 5.41) is 1.12. The van der Waals surface area contributed by atoms with Crippen molar-refractivity contribution in [1.29, 1.82) is 0 Å². The lowest BCUT2D eigenvalue weighted by Gasteiger charge is -2.21. The molecule has 0 spiro atoms. The van der Waals surface area contributed by atoms with E-state index in [1.54, 1.807) is 19.4 Å². The van der Waals surface area contributed by atoms with Gasteiger partial charge in [0, 0.05) is 0 Å². The SMILES string of the molecule is BOC1C=CC=CC1c1nc2ccccc2s1. The summed E-state index contributed by atoms with van der Waals surface area (Å²) in [5.41, 5.74) is 1.07. The third kappa shape index (κ3) is 1.94. The molecule has 0 amide bonds. The Morgan fingerprint density at radius 2 is 2.00 bits per heavy atom. The number of fused-ring (bicyclic) bond motifs is 1. The van der Waals surface area contributed by atoms with E-state index in [0.29, 0.717) is 0 Å². The largest absolute Gasteiger partial charge is 0.437 e. The van der Waals surface area contributed by atoms with Crippen LogP contribution in [0.4, 0.5) is 0 Å². The Balaban J connectivity index is 2.03. The topological polar surface area (TPSA) is 22.1 Å². The van der Waals surface area contributed by atoms with Crippen molar-refractivity contribution in [3.8, 4) is 0 Å². The first-order valence-electron chi connectivity index (χ1n) is 5.62. The van der Waals surface area contributed by atoms with Crippen LogP contribution in [0.2, 0.25) is 0 Å². The fourth-order valence-electron chi connectivity index (χ4n) is 2.07. The third-order valence-electron chi connectivity index (χ3n) is 2.95. The van der Waals surface area contributed by atoms with Crippen molar-refractivity contribution in [2.75, 3.05) is 0 Å². The van der Waals surface area contributed by atoms with Crippen LogP contribution in [0, 0.1) is 0 Å².